The lowest BCUT2D eigenvalue weighted by atomic mass is 9.87. The molecule has 1 aliphatic carbocycles. The van der Waals surface area contributed by atoms with Crippen LogP contribution in [0, 0.1) is 5.92 Å². The Morgan fingerprint density at radius 3 is 2.53 bits per heavy atom. The number of hydrogen-bond acceptors (Lipinski definition) is 2. The zero-order chi connectivity index (χ0) is 11.3. The normalized spacial score (nSPS) is 27.7. The van der Waals surface area contributed by atoms with Gasteiger partial charge in [0.15, 0.2) is 0 Å². The van der Waals surface area contributed by atoms with Gasteiger partial charge in [0.2, 0.25) is 0 Å². The maximum atomic E-state index is 10.7. The van der Waals surface area contributed by atoms with Crippen molar-refractivity contribution in [2.45, 2.75) is 38.7 Å². The van der Waals surface area contributed by atoms with E-state index in [0.717, 1.165) is 31.3 Å². The zero-order valence-corrected chi connectivity index (χ0v) is 9.67. The smallest absolute Gasteiger partial charge is 0.306 e. The highest BCUT2D eigenvalue weighted by Crippen LogP contribution is 2.26. The molecule has 86 valence electrons. The molecule has 0 aromatic heterocycles. The third-order valence-electron chi connectivity index (χ3n) is 2.76. The summed E-state index contributed by atoms with van der Waals surface area (Å²) in [6, 6.07) is 0. The summed E-state index contributed by atoms with van der Waals surface area (Å²) >= 11 is 5.51. The van der Waals surface area contributed by atoms with Crippen LogP contribution in [0.4, 0.5) is 0 Å². The number of ether oxygens (including phenoxy) is 1. The summed E-state index contributed by atoms with van der Waals surface area (Å²) in [6.45, 7) is 2.46. The Labute approximate surface area is 95.1 Å². The molecule has 0 aromatic rings. The molecule has 0 bridgehead atoms. The molecule has 0 aliphatic heterocycles. The molecule has 15 heavy (non-hydrogen) atoms. The third kappa shape index (κ3) is 4.22. The number of carbonyl (C=O) groups is 1. The van der Waals surface area contributed by atoms with Crippen LogP contribution in [-0.2, 0) is 9.53 Å². The summed E-state index contributed by atoms with van der Waals surface area (Å²) in [4.78, 5) is 10.7. The number of carboxylic acid groups (broad SMARTS) is 1. The average Bonchev–Trinajstić information content (AvgIpc) is 2.26. The van der Waals surface area contributed by atoms with Crippen LogP contribution in [-0.4, -0.2) is 23.8 Å². The maximum Gasteiger partial charge on any atom is 0.306 e. The van der Waals surface area contributed by atoms with Crippen LogP contribution in [0.15, 0.2) is 11.1 Å². The second-order valence-electron chi connectivity index (χ2n) is 4.08. The van der Waals surface area contributed by atoms with Crippen molar-refractivity contribution in [3.05, 3.63) is 11.1 Å². The van der Waals surface area contributed by atoms with E-state index < -0.39 is 5.97 Å². The van der Waals surface area contributed by atoms with Crippen molar-refractivity contribution in [1.82, 2.24) is 0 Å². The van der Waals surface area contributed by atoms with Crippen LogP contribution in [0.1, 0.15) is 32.6 Å². The van der Waals surface area contributed by atoms with Gasteiger partial charge >= 0.3 is 5.97 Å². The second-order valence-corrected chi connectivity index (χ2v) is 4.30. The first kappa shape index (κ1) is 12.5. The van der Waals surface area contributed by atoms with Crippen molar-refractivity contribution in [2.24, 2.45) is 5.92 Å². The zero-order valence-electron chi connectivity index (χ0n) is 8.91. The Morgan fingerprint density at radius 2 is 2.07 bits per heavy atom. The Bertz CT molecular complexity index is 242. The minimum atomic E-state index is -0.676. The number of aliphatic carboxylic acids is 1. The summed E-state index contributed by atoms with van der Waals surface area (Å²) in [5, 5.41) is 8.81. The Balaban J connectivity index is 2.23. The van der Waals surface area contributed by atoms with Crippen molar-refractivity contribution in [2.75, 3.05) is 6.61 Å². The molecule has 0 saturated heterocycles. The summed E-state index contributed by atoms with van der Waals surface area (Å²) in [5.74, 6) is -0.847. The minimum Gasteiger partial charge on any atom is -0.481 e. The van der Waals surface area contributed by atoms with Gasteiger partial charge in [0, 0.05) is 5.54 Å². The predicted molar refractivity (Wildman–Crippen MR) is 58.9 cm³/mol. The molecule has 1 saturated carbocycles. The lowest BCUT2D eigenvalue weighted by Crippen LogP contribution is -2.26. The molecule has 0 heterocycles. The number of rotatable bonds is 4. The van der Waals surface area contributed by atoms with E-state index in [4.69, 9.17) is 21.4 Å². The van der Waals surface area contributed by atoms with E-state index in [2.05, 4.69) is 0 Å². The minimum absolute atomic E-state index is 0.172. The fourth-order valence-corrected chi connectivity index (χ4v) is 1.82. The first-order valence-electron chi connectivity index (χ1n) is 5.23. The van der Waals surface area contributed by atoms with Gasteiger partial charge in [-0.1, -0.05) is 11.6 Å². The highest BCUT2D eigenvalue weighted by Gasteiger charge is 2.26. The van der Waals surface area contributed by atoms with Crippen LogP contribution in [0.25, 0.3) is 0 Å². The molecule has 0 amide bonds. The van der Waals surface area contributed by atoms with Gasteiger partial charge < -0.3 is 9.84 Å². The van der Waals surface area contributed by atoms with E-state index in [1.54, 1.807) is 0 Å². The van der Waals surface area contributed by atoms with E-state index >= 15 is 0 Å². The lowest BCUT2D eigenvalue weighted by molar-refractivity contribution is -0.143. The predicted octanol–water partition coefficient (Wildman–Crippen LogP) is 2.79. The third-order valence-corrected chi connectivity index (χ3v) is 3.13. The van der Waals surface area contributed by atoms with Crippen molar-refractivity contribution < 1.29 is 14.6 Å². The summed E-state index contributed by atoms with van der Waals surface area (Å²) in [6.07, 6.45) is 3.33. The van der Waals surface area contributed by atoms with Gasteiger partial charge in [-0.25, -0.2) is 0 Å². The van der Waals surface area contributed by atoms with Crippen LogP contribution >= 0.6 is 11.6 Å². The lowest BCUT2D eigenvalue weighted by Gasteiger charge is -2.26. The topological polar surface area (TPSA) is 46.5 Å². The van der Waals surface area contributed by atoms with Crippen molar-refractivity contribution in [3.8, 4) is 0 Å². The molecular formula is C11H17ClO3. The molecular weight excluding hydrogens is 216 g/mol. The Kier molecular flexibility index (Phi) is 5.12. The molecule has 0 radical (unpaired) electrons. The molecule has 1 N–H and O–H groups in total. The van der Waals surface area contributed by atoms with Crippen molar-refractivity contribution >= 4 is 17.6 Å². The van der Waals surface area contributed by atoms with Crippen LogP contribution < -0.4 is 0 Å². The number of halogens is 1. The standard InChI is InChI=1S/C11H17ClO3/c1-8(6-12)7-15-10-4-2-9(3-5-10)11(13)14/h6,9-10H,2-5,7H2,1H3,(H,13,14). The molecule has 1 aliphatic rings. The van der Waals surface area contributed by atoms with Crippen molar-refractivity contribution in [1.29, 1.82) is 0 Å². The fourth-order valence-electron chi connectivity index (χ4n) is 1.76. The Hall–Kier alpha value is -0.540. The maximum absolute atomic E-state index is 10.7. The van der Waals surface area contributed by atoms with E-state index in [1.807, 2.05) is 6.92 Å². The van der Waals surface area contributed by atoms with Crippen molar-refractivity contribution in [3.63, 3.8) is 0 Å². The summed E-state index contributed by atoms with van der Waals surface area (Å²) in [7, 11) is 0. The average molecular weight is 233 g/mol. The van der Waals surface area contributed by atoms with Gasteiger partial charge in [0.25, 0.3) is 0 Å². The number of hydrogen-bond donors (Lipinski definition) is 1. The van der Waals surface area contributed by atoms with Gasteiger partial charge in [-0.15, -0.1) is 0 Å². The van der Waals surface area contributed by atoms with E-state index in [1.165, 1.54) is 5.54 Å². The molecule has 0 aromatic carbocycles. The van der Waals surface area contributed by atoms with Crippen LogP contribution in [0.5, 0.6) is 0 Å². The fraction of sp³-hybridized carbons (Fsp3) is 0.727. The first-order valence-corrected chi connectivity index (χ1v) is 5.67. The molecule has 1 rings (SSSR count). The SMILES string of the molecule is CC(=CCl)COC1CCC(C(=O)O)CC1. The van der Waals surface area contributed by atoms with Crippen LogP contribution in [0.2, 0.25) is 0 Å². The number of carboxylic acids is 1. The van der Waals surface area contributed by atoms with Gasteiger partial charge in [0.05, 0.1) is 18.6 Å². The molecule has 4 heteroatoms. The summed E-state index contributed by atoms with van der Waals surface area (Å²) in [5.41, 5.74) is 2.51. The van der Waals surface area contributed by atoms with Gasteiger partial charge in [0.1, 0.15) is 0 Å². The highest BCUT2D eigenvalue weighted by atomic mass is 35.5. The highest BCUT2D eigenvalue weighted by molar-refractivity contribution is 6.25. The molecule has 1 fully saturated rings. The van der Waals surface area contributed by atoms with E-state index in [9.17, 15) is 4.79 Å². The van der Waals surface area contributed by atoms with Gasteiger partial charge in [-0.3, -0.25) is 4.79 Å². The van der Waals surface area contributed by atoms with Gasteiger partial charge in [-0.05, 0) is 38.2 Å². The summed E-state index contributed by atoms with van der Waals surface area (Å²) < 4.78 is 5.62. The molecule has 0 unspecified atom stereocenters. The monoisotopic (exact) mass is 232 g/mol. The Morgan fingerprint density at radius 1 is 1.47 bits per heavy atom. The molecule has 3 nitrogen and oxygen atoms in total. The molecule has 0 atom stereocenters. The van der Waals surface area contributed by atoms with E-state index in [-0.39, 0.29) is 12.0 Å². The first-order chi connectivity index (χ1) is 7.13. The van der Waals surface area contributed by atoms with E-state index in [0.29, 0.717) is 6.61 Å². The largest absolute Gasteiger partial charge is 0.481 e. The quantitative estimate of drug-likeness (QED) is 0.811. The van der Waals surface area contributed by atoms with Gasteiger partial charge in [-0.2, -0.15) is 0 Å². The van der Waals surface area contributed by atoms with Crippen LogP contribution in [0.3, 0.4) is 0 Å². The molecule has 0 spiro atoms. The second kappa shape index (κ2) is 6.13.